The molecule has 31 heavy (non-hydrogen) atoms. The number of benzene rings is 2. The van der Waals surface area contributed by atoms with Crippen LogP contribution in [0.25, 0.3) is 10.9 Å². The number of hydrogen-bond acceptors (Lipinski definition) is 7. The van der Waals surface area contributed by atoms with Gasteiger partial charge in [-0.25, -0.2) is 13.1 Å². The summed E-state index contributed by atoms with van der Waals surface area (Å²) in [6.07, 6.45) is 3.61. The number of rotatable bonds is 7. The number of anilines is 1. The van der Waals surface area contributed by atoms with Crippen LogP contribution in [0.1, 0.15) is 5.56 Å². The molecule has 0 radical (unpaired) electrons. The maximum Gasteiger partial charge on any atom is 0.264 e. The fraction of sp³-hybridized carbons (Fsp3) is 0.0952. The molecule has 0 fully saturated rings. The van der Waals surface area contributed by atoms with E-state index in [4.69, 9.17) is 9.47 Å². The summed E-state index contributed by atoms with van der Waals surface area (Å²) in [7, 11) is -1.09. The molecule has 0 spiro atoms. The van der Waals surface area contributed by atoms with Crippen LogP contribution in [0.3, 0.4) is 0 Å². The number of H-pyrrole nitrogens is 1. The molecule has 0 bridgehead atoms. The van der Waals surface area contributed by atoms with Crippen LogP contribution in [0, 0.1) is 0 Å². The first-order valence-corrected chi connectivity index (χ1v) is 10.7. The highest BCUT2D eigenvalue weighted by atomic mass is 32.2. The molecule has 4 aromatic rings. The van der Waals surface area contributed by atoms with E-state index in [1.807, 2.05) is 30.5 Å². The van der Waals surface area contributed by atoms with E-state index in [0.717, 1.165) is 16.5 Å². The molecule has 2 N–H and O–H groups in total. The van der Waals surface area contributed by atoms with Gasteiger partial charge in [0.1, 0.15) is 0 Å². The smallest absolute Gasteiger partial charge is 0.264 e. The lowest BCUT2D eigenvalue weighted by atomic mass is 10.2. The maximum absolute atomic E-state index is 12.7. The van der Waals surface area contributed by atoms with Gasteiger partial charge in [0, 0.05) is 28.9 Å². The third-order valence-electron chi connectivity index (χ3n) is 4.44. The topological polar surface area (TPSA) is 119 Å². The Kier molecular flexibility index (Phi) is 5.54. The van der Waals surface area contributed by atoms with Gasteiger partial charge in [-0.1, -0.05) is 18.2 Å². The van der Waals surface area contributed by atoms with Gasteiger partial charge in [0.15, 0.2) is 0 Å². The highest BCUT2D eigenvalue weighted by Crippen LogP contribution is 2.22. The van der Waals surface area contributed by atoms with Crippen LogP contribution >= 0.6 is 0 Å². The summed E-state index contributed by atoms with van der Waals surface area (Å²) in [4.78, 5) is 15.6. The van der Waals surface area contributed by atoms with E-state index in [0.29, 0.717) is 5.69 Å². The predicted molar refractivity (Wildman–Crippen MR) is 118 cm³/mol. The molecule has 0 unspecified atom stereocenters. The van der Waals surface area contributed by atoms with E-state index in [9.17, 15) is 8.42 Å². The zero-order valence-electron chi connectivity index (χ0n) is 16.7. The second kappa shape index (κ2) is 8.44. The lowest BCUT2D eigenvalue weighted by molar-refractivity contribution is 0.373. The summed E-state index contributed by atoms with van der Waals surface area (Å²) in [6.45, 7) is 0. The van der Waals surface area contributed by atoms with Gasteiger partial charge in [-0.15, -0.1) is 0 Å². The molecule has 2 aromatic heterocycles. The minimum Gasteiger partial charge on any atom is -0.481 e. The van der Waals surface area contributed by atoms with E-state index in [-0.39, 0.29) is 22.6 Å². The highest BCUT2D eigenvalue weighted by Gasteiger charge is 2.17. The summed E-state index contributed by atoms with van der Waals surface area (Å²) >= 11 is 0. The van der Waals surface area contributed by atoms with Crippen LogP contribution in [0.4, 0.5) is 11.6 Å². The summed E-state index contributed by atoms with van der Waals surface area (Å²) < 4.78 is 37.8. The van der Waals surface area contributed by atoms with Gasteiger partial charge in [0.25, 0.3) is 10.0 Å². The van der Waals surface area contributed by atoms with Crippen molar-refractivity contribution < 1.29 is 17.9 Å². The van der Waals surface area contributed by atoms with Crippen LogP contribution in [-0.4, -0.2) is 43.8 Å². The molecule has 2 heterocycles. The average Bonchev–Trinajstić information content (AvgIpc) is 3.20. The molecule has 10 heteroatoms. The molecule has 158 valence electrons. The molecule has 0 aliphatic carbocycles. The van der Waals surface area contributed by atoms with Crippen molar-refractivity contribution in [2.24, 2.45) is 4.99 Å². The molecule has 4 rings (SSSR count). The minimum absolute atomic E-state index is 0.0453. The molecule has 0 saturated carbocycles. The van der Waals surface area contributed by atoms with Crippen molar-refractivity contribution in [1.82, 2.24) is 15.0 Å². The standard InChI is InChI=1S/C21H19N5O4S/c1-29-19-11-20(30-2)25-21(24-19)26-31(27,28)16-9-7-15(8-10-16)22-12-14-13-23-18-6-4-3-5-17(14)18/h3-13,23H,1-2H3,(H,24,25,26). The fourth-order valence-corrected chi connectivity index (χ4v) is 3.84. The average molecular weight is 437 g/mol. The Morgan fingerprint density at radius 2 is 1.68 bits per heavy atom. The summed E-state index contributed by atoms with van der Waals surface area (Å²) in [5, 5.41) is 1.06. The maximum atomic E-state index is 12.7. The number of para-hydroxylation sites is 1. The van der Waals surface area contributed by atoms with Crippen molar-refractivity contribution in [2.75, 3.05) is 18.9 Å². The van der Waals surface area contributed by atoms with Crippen molar-refractivity contribution >= 4 is 38.8 Å². The van der Waals surface area contributed by atoms with Gasteiger partial charge in [-0.2, -0.15) is 9.97 Å². The van der Waals surface area contributed by atoms with Crippen LogP contribution in [0.5, 0.6) is 11.8 Å². The fourth-order valence-electron chi connectivity index (χ4n) is 2.89. The number of fused-ring (bicyclic) bond motifs is 1. The largest absolute Gasteiger partial charge is 0.481 e. The second-order valence-electron chi connectivity index (χ2n) is 6.42. The number of methoxy groups -OCH3 is 2. The monoisotopic (exact) mass is 437 g/mol. The van der Waals surface area contributed by atoms with E-state index in [1.165, 1.54) is 32.4 Å². The van der Waals surface area contributed by atoms with E-state index in [2.05, 4.69) is 24.7 Å². The second-order valence-corrected chi connectivity index (χ2v) is 8.11. The van der Waals surface area contributed by atoms with Crippen molar-refractivity contribution in [2.45, 2.75) is 4.90 Å². The molecule has 0 saturated heterocycles. The normalized spacial score (nSPS) is 11.7. The van der Waals surface area contributed by atoms with Crippen molar-refractivity contribution in [3.63, 3.8) is 0 Å². The number of hydrogen-bond donors (Lipinski definition) is 2. The first kappa shape index (κ1) is 20.4. The summed E-state index contributed by atoms with van der Waals surface area (Å²) in [5.74, 6) is 0.190. The quantitative estimate of drug-likeness (QED) is 0.427. The highest BCUT2D eigenvalue weighted by molar-refractivity contribution is 7.92. The Bertz CT molecular complexity index is 1330. The third kappa shape index (κ3) is 4.48. The van der Waals surface area contributed by atoms with Crippen LogP contribution in [0.2, 0.25) is 0 Å². The minimum atomic E-state index is -3.91. The molecule has 2 aromatic carbocycles. The zero-order chi connectivity index (χ0) is 21.8. The molecule has 0 amide bonds. The zero-order valence-corrected chi connectivity index (χ0v) is 17.6. The van der Waals surface area contributed by atoms with Gasteiger partial charge in [-0.3, -0.25) is 4.99 Å². The number of nitrogens with zero attached hydrogens (tertiary/aromatic N) is 3. The van der Waals surface area contributed by atoms with Gasteiger partial charge in [0.2, 0.25) is 17.7 Å². The summed E-state index contributed by atoms with van der Waals surface area (Å²) in [6, 6.07) is 15.5. The van der Waals surface area contributed by atoms with Gasteiger partial charge in [0.05, 0.1) is 30.9 Å². The van der Waals surface area contributed by atoms with Crippen molar-refractivity contribution in [3.8, 4) is 11.8 Å². The number of aromatic amines is 1. The SMILES string of the molecule is COc1cc(OC)nc(NS(=O)(=O)c2ccc(N=Cc3c[nH]c4ccccc34)cc2)n1. The first-order chi connectivity index (χ1) is 15.0. The molecule has 0 aliphatic rings. The molecular formula is C21H19N5O4S. The third-order valence-corrected chi connectivity index (χ3v) is 5.79. The van der Waals surface area contributed by atoms with Crippen LogP contribution < -0.4 is 14.2 Å². The number of aliphatic imine (C=N–C) groups is 1. The van der Waals surface area contributed by atoms with Crippen molar-refractivity contribution in [3.05, 3.63) is 66.4 Å². The van der Waals surface area contributed by atoms with Crippen LogP contribution in [-0.2, 0) is 10.0 Å². The number of sulfonamides is 1. The Labute approximate surface area is 178 Å². The molecule has 0 aliphatic heterocycles. The molecule has 0 atom stereocenters. The van der Waals surface area contributed by atoms with Gasteiger partial charge >= 0.3 is 0 Å². The van der Waals surface area contributed by atoms with E-state index < -0.39 is 10.0 Å². The first-order valence-electron chi connectivity index (χ1n) is 9.18. The van der Waals surface area contributed by atoms with E-state index >= 15 is 0 Å². The van der Waals surface area contributed by atoms with Gasteiger partial charge in [-0.05, 0) is 30.3 Å². The summed E-state index contributed by atoms with van der Waals surface area (Å²) in [5.41, 5.74) is 2.58. The lowest BCUT2D eigenvalue weighted by Gasteiger charge is -2.09. The Morgan fingerprint density at radius 3 is 2.35 bits per heavy atom. The number of nitrogens with one attached hydrogen (secondary N) is 2. The number of ether oxygens (including phenoxy) is 2. The Balaban J connectivity index is 1.53. The van der Waals surface area contributed by atoms with Crippen LogP contribution in [0.15, 0.2) is 70.7 Å². The van der Waals surface area contributed by atoms with E-state index in [1.54, 1.807) is 18.3 Å². The van der Waals surface area contributed by atoms with Gasteiger partial charge < -0.3 is 14.5 Å². The van der Waals surface area contributed by atoms with Crippen molar-refractivity contribution in [1.29, 1.82) is 0 Å². The lowest BCUT2D eigenvalue weighted by Crippen LogP contribution is -2.15. The Morgan fingerprint density at radius 1 is 1.00 bits per heavy atom. The predicted octanol–water partition coefficient (Wildman–Crippen LogP) is 3.53. The molecular weight excluding hydrogens is 418 g/mol. The number of aromatic nitrogens is 3. The Hall–Kier alpha value is -3.92. The molecule has 9 nitrogen and oxygen atoms in total.